The molecule has 0 rings (SSSR count). The third kappa shape index (κ3) is 5.55. The molecule has 60 valence electrons. The average Bonchev–Trinajstić information content (AvgIpc) is 1.63. The quantitative estimate of drug-likeness (QED) is 0.487. The number of rotatable bonds is 3. The second-order valence-corrected chi connectivity index (χ2v) is 1.54. The first-order valence-corrected chi connectivity index (χ1v) is 2.24. The molecule has 0 aliphatic heterocycles. The summed E-state index contributed by atoms with van der Waals surface area (Å²) in [7, 11) is 0. The minimum absolute atomic E-state index is 0. The number of hydrogen-bond donors (Lipinski definition) is 3. The normalized spacial score (nSPS) is 11.3. The molecule has 4 N–H and O–H groups in total. The summed E-state index contributed by atoms with van der Waals surface area (Å²) in [4.78, 5) is 19.6. The SMILES string of the molecule is N[C@H](CC(=O)O)C(=O)O.[Fe]. The van der Waals surface area contributed by atoms with Crippen LogP contribution in [0.2, 0.25) is 0 Å². The van der Waals surface area contributed by atoms with Gasteiger partial charge in [-0.15, -0.1) is 0 Å². The topological polar surface area (TPSA) is 101 Å². The molecular weight excluding hydrogens is 182 g/mol. The molecule has 0 aromatic rings. The van der Waals surface area contributed by atoms with E-state index in [1.807, 2.05) is 0 Å². The summed E-state index contributed by atoms with van der Waals surface area (Å²) >= 11 is 0. The van der Waals surface area contributed by atoms with Crippen LogP contribution < -0.4 is 5.73 Å². The van der Waals surface area contributed by atoms with Gasteiger partial charge in [0.05, 0.1) is 6.42 Å². The van der Waals surface area contributed by atoms with Crippen LogP contribution in [0.5, 0.6) is 0 Å². The molecule has 0 radical (unpaired) electrons. The van der Waals surface area contributed by atoms with Crippen LogP contribution in [0.1, 0.15) is 6.42 Å². The van der Waals surface area contributed by atoms with Crippen LogP contribution >= 0.6 is 0 Å². The number of carbonyl (C=O) groups is 2. The largest absolute Gasteiger partial charge is 0.481 e. The molecule has 5 nitrogen and oxygen atoms in total. The summed E-state index contributed by atoms with van der Waals surface area (Å²) in [6, 6.07) is -1.29. The van der Waals surface area contributed by atoms with Crippen molar-refractivity contribution in [1.82, 2.24) is 0 Å². The van der Waals surface area contributed by atoms with Gasteiger partial charge in [0.1, 0.15) is 6.04 Å². The third-order valence-electron chi connectivity index (χ3n) is 0.712. The van der Waals surface area contributed by atoms with Crippen molar-refractivity contribution in [2.24, 2.45) is 5.73 Å². The number of carboxylic acid groups (broad SMARTS) is 2. The van der Waals surface area contributed by atoms with Crippen molar-refractivity contribution in [2.75, 3.05) is 0 Å². The van der Waals surface area contributed by atoms with Crippen molar-refractivity contribution in [1.29, 1.82) is 0 Å². The van der Waals surface area contributed by atoms with Gasteiger partial charge in [0.15, 0.2) is 0 Å². The smallest absolute Gasteiger partial charge is 0.321 e. The van der Waals surface area contributed by atoms with E-state index >= 15 is 0 Å². The minimum atomic E-state index is -1.29. The molecule has 0 amide bonds. The summed E-state index contributed by atoms with van der Waals surface area (Å²) in [6.07, 6.45) is -0.532. The summed E-state index contributed by atoms with van der Waals surface area (Å²) in [5.41, 5.74) is 4.84. The molecule has 0 fully saturated rings. The maximum Gasteiger partial charge on any atom is 0.321 e. The van der Waals surface area contributed by atoms with Crippen LogP contribution in [0.15, 0.2) is 0 Å². The molecule has 0 aliphatic carbocycles. The second kappa shape index (κ2) is 5.22. The molecule has 0 aliphatic rings. The van der Waals surface area contributed by atoms with Crippen LogP contribution in [-0.4, -0.2) is 28.2 Å². The zero-order valence-corrected chi connectivity index (χ0v) is 6.03. The van der Waals surface area contributed by atoms with Crippen LogP contribution in [-0.2, 0) is 26.7 Å². The first-order chi connectivity index (χ1) is 4.04. The van der Waals surface area contributed by atoms with E-state index in [0.717, 1.165) is 0 Å². The van der Waals surface area contributed by atoms with Crippen molar-refractivity contribution in [2.45, 2.75) is 12.5 Å². The summed E-state index contributed by atoms with van der Waals surface area (Å²) in [5.74, 6) is -2.50. The molecule has 0 aromatic carbocycles. The van der Waals surface area contributed by atoms with Gasteiger partial charge < -0.3 is 15.9 Å². The maximum absolute atomic E-state index is 9.85. The van der Waals surface area contributed by atoms with Gasteiger partial charge in [-0.25, -0.2) is 0 Å². The van der Waals surface area contributed by atoms with Gasteiger partial charge in [-0.3, -0.25) is 9.59 Å². The van der Waals surface area contributed by atoms with Crippen molar-refractivity contribution in [3.8, 4) is 0 Å². The van der Waals surface area contributed by atoms with E-state index in [4.69, 9.17) is 15.9 Å². The van der Waals surface area contributed by atoms with E-state index in [1.54, 1.807) is 0 Å². The fourth-order valence-electron chi connectivity index (χ4n) is 0.275. The Morgan fingerprint density at radius 1 is 1.40 bits per heavy atom. The van der Waals surface area contributed by atoms with Crippen LogP contribution in [0.3, 0.4) is 0 Å². The maximum atomic E-state index is 9.85. The van der Waals surface area contributed by atoms with E-state index in [0.29, 0.717) is 0 Å². The second-order valence-electron chi connectivity index (χ2n) is 1.54. The molecular formula is C4H7FeNO4. The summed E-state index contributed by atoms with van der Waals surface area (Å²) in [5, 5.41) is 16.0. The van der Waals surface area contributed by atoms with Gasteiger partial charge in [0.25, 0.3) is 0 Å². The minimum Gasteiger partial charge on any atom is -0.481 e. The molecule has 0 saturated heterocycles. The van der Waals surface area contributed by atoms with Gasteiger partial charge in [-0.2, -0.15) is 0 Å². The van der Waals surface area contributed by atoms with Gasteiger partial charge >= 0.3 is 11.9 Å². The molecule has 0 spiro atoms. The predicted octanol–water partition coefficient (Wildman–Crippen LogP) is -1.13. The molecule has 0 unspecified atom stereocenters. The number of hydrogen-bond acceptors (Lipinski definition) is 3. The van der Waals surface area contributed by atoms with Gasteiger partial charge in [-0.1, -0.05) is 0 Å². The number of aliphatic carboxylic acids is 2. The zero-order chi connectivity index (χ0) is 7.44. The van der Waals surface area contributed by atoms with Crippen LogP contribution in [0.4, 0.5) is 0 Å². The molecule has 0 heterocycles. The van der Waals surface area contributed by atoms with Crippen molar-refractivity contribution >= 4 is 11.9 Å². The monoisotopic (exact) mass is 189 g/mol. The molecule has 10 heavy (non-hydrogen) atoms. The fourth-order valence-corrected chi connectivity index (χ4v) is 0.275. The first kappa shape index (κ1) is 12.1. The fraction of sp³-hybridized carbons (Fsp3) is 0.500. The predicted molar refractivity (Wildman–Crippen MR) is 27.9 cm³/mol. The third-order valence-corrected chi connectivity index (χ3v) is 0.712. The Labute approximate surface area is 67.7 Å². The van der Waals surface area contributed by atoms with Gasteiger partial charge in [0.2, 0.25) is 0 Å². The van der Waals surface area contributed by atoms with E-state index < -0.39 is 24.4 Å². The summed E-state index contributed by atoms with van der Waals surface area (Å²) in [6.45, 7) is 0. The average molecular weight is 189 g/mol. The van der Waals surface area contributed by atoms with Crippen LogP contribution in [0, 0.1) is 0 Å². The Kier molecular flexibility index (Phi) is 6.34. The van der Waals surface area contributed by atoms with Crippen molar-refractivity contribution in [3.63, 3.8) is 0 Å². The van der Waals surface area contributed by atoms with Crippen LogP contribution in [0.25, 0.3) is 0 Å². The zero-order valence-electron chi connectivity index (χ0n) is 4.93. The Morgan fingerprint density at radius 3 is 1.90 bits per heavy atom. The van der Waals surface area contributed by atoms with Crippen molar-refractivity contribution < 1.29 is 36.9 Å². The Bertz CT molecular complexity index is 137. The Morgan fingerprint density at radius 2 is 1.80 bits per heavy atom. The molecule has 0 aromatic heterocycles. The van der Waals surface area contributed by atoms with E-state index in [1.165, 1.54) is 0 Å². The van der Waals surface area contributed by atoms with E-state index in [-0.39, 0.29) is 17.1 Å². The molecule has 1 atom stereocenters. The standard InChI is InChI=1S/C4H7NO4.Fe/c5-2(4(8)9)1-3(6)7;/h2H,1,5H2,(H,6,7)(H,8,9);/t2-;/m1./s1. The molecule has 0 bridgehead atoms. The Balaban J connectivity index is 0. The molecule has 6 heteroatoms. The Hall–Kier alpha value is -0.581. The van der Waals surface area contributed by atoms with Gasteiger partial charge in [-0.05, 0) is 0 Å². The van der Waals surface area contributed by atoms with Gasteiger partial charge in [0, 0.05) is 17.1 Å². The number of nitrogens with two attached hydrogens (primary N) is 1. The molecule has 0 saturated carbocycles. The van der Waals surface area contributed by atoms with E-state index in [2.05, 4.69) is 0 Å². The van der Waals surface area contributed by atoms with E-state index in [9.17, 15) is 9.59 Å². The summed E-state index contributed by atoms with van der Waals surface area (Å²) < 4.78 is 0. The number of carboxylic acids is 2. The first-order valence-electron chi connectivity index (χ1n) is 2.24. The van der Waals surface area contributed by atoms with Crippen molar-refractivity contribution in [3.05, 3.63) is 0 Å².